The first-order valence-electron chi connectivity index (χ1n) is 14.6. The van der Waals surface area contributed by atoms with Crippen LogP contribution in [0.3, 0.4) is 0 Å². The van der Waals surface area contributed by atoms with E-state index in [4.69, 9.17) is 0 Å². The predicted molar refractivity (Wildman–Crippen MR) is 179 cm³/mol. The van der Waals surface area contributed by atoms with Gasteiger partial charge in [-0.2, -0.15) is 0 Å². The molecule has 0 aromatic heterocycles. The molecular formula is C38H29BS2. The molecule has 2 aliphatic carbocycles. The molecule has 0 N–H and O–H groups in total. The van der Waals surface area contributed by atoms with Crippen LogP contribution < -0.4 is 5.46 Å². The highest BCUT2D eigenvalue weighted by molar-refractivity contribution is 8.09. The van der Waals surface area contributed by atoms with Crippen molar-refractivity contribution in [3.63, 3.8) is 0 Å². The zero-order valence-electron chi connectivity index (χ0n) is 23.7. The third kappa shape index (κ3) is 3.06. The number of hydrogen-bond donors (Lipinski definition) is 0. The smallest absolute Gasteiger partial charge is 0.0946 e. The van der Waals surface area contributed by atoms with Crippen molar-refractivity contribution >= 4 is 56.8 Å². The molecule has 0 radical (unpaired) electrons. The summed E-state index contributed by atoms with van der Waals surface area (Å²) in [5, 5.41) is 2.67. The van der Waals surface area contributed by atoms with Gasteiger partial charge in [0.2, 0.25) is 6.71 Å². The highest BCUT2D eigenvalue weighted by Gasteiger charge is 2.54. The third-order valence-electron chi connectivity index (χ3n) is 9.96. The molecule has 0 unspecified atom stereocenters. The standard InChI is InChI=1S/C38H29BS2/c1-37(2)29-21-26-23(14-10-16-24(26)22-12-6-5-7-13-22)20-27(29)34-35(37)39-32-25-15-8-9-17-28(25)38(3,4)36(32)41-31-19-11-18-30(40-34)33(31)39/h5-21H,1-4H3. The Labute approximate surface area is 251 Å². The second kappa shape index (κ2) is 8.12. The molecule has 0 bridgehead atoms. The number of fused-ring (bicyclic) bond motifs is 7. The molecule has 0 amide bonds. The topological polar surface area (TPSA) is 0 Å². The molecule has 3 heteroatoms. The zero-order chi connectivity index (χ0) is 27.7. The van der Waals surface area contributed by atoms with E-state index in [1.807, 2.05) is 23.5 Å². The van der Waals surface area contributed by atoms with E-state index in [-0.39, 0.29) is 17.5 Å². The van der Waals surface area contributed by atoms with E-state index in [9.17, 15) is 0 Å². The van der Waals surface area contributed by atoms with Gasteiger partial charge >= 0.3 is 0 Å². The number of thioether (sulfide) groups is 2. The lowest BCUT2D eigenvalue weighted by Gasteiger charge is -2.38. The van der Waals surface area contributed by atoms with E-state index < -0.39 is 0 Å². The van der Waals surface area contributed by atoms with E-state index >= 15 is 0 Å². The van der Waals surface area contributed by atoms with Crippen LogP contribution in [0.5, 0.6) is 0 Å². The molecule has 0 nitrogen and oxygen atoms in total. The summed E-state index contributed by atoms with van der Waals surface area (Å²) in [6.07, 6.45) is 0. The van der Waals surface area contributed by atoms with Gasteiger partial charge in [-0.1, -0.05) is 141 Å². The van der Waals surface area contributed by atoms with Crippen molar-refractivity contribution < 1.29 is 0 Å². The summed E-state index contributed by atoms with van der Waals surface area (Å²) in [4.78, 5) is 5.88. The molecule has 5 aromatic rings. The van der Waals surface area contributed by atoms with Gasteiger partial charge in [-0.3, -0.25) is 0 Å². The van der Waals surface area contributed by atoms with Crippen LogP contribution in [0.1, 0.15) is 49.9 Å². The molecular weight excluding hydrogens is 531 g/mol. The Bertz CT molecular complexity index is 2040. The van der Waals surface area contributed by atoms with Gasteiger partial charge in [-0.25, -0.2) is 0 Å². The molecule has 41 heavy (non-hydrogen) atoms. The number of benzene rings is 5. The maximum Gasteiger partial charge on any atom is 0.244 e. The summed E-state index contributed by atoms with van der Waals surface area (Å²) in [5.74, 6) is 0. The Kier molecular flexibility index (Phi) is 4.80. The summed E-state index contributed by atoms with van der Waals surface area (Å²) in [6, 6.07) is 38.8. The normalized spacial score (nSPS) is 18.7. The molecule has 2 aliphatic heterocycles. The minimum atomic E-state index is -0.0904. The van der Waals surface area contributed by atoms with Crippen molar-refractivity contribution in [2.45, 2.75) is 48.3 Å². The Balaban J connectivity index is 1.32. The van der Waals surface area contributed by atoms with E-state index in [0.29, 0.717) is 0 Å². The molecule has 9 rings (SSSR count). The van der Waals surface area contributed by atoms with Crippen LogP contribution in [0.25, 0.3) is 32.3 Å². The molecule has 196 valence electrons. The van der Waals surface area contributed by atoms with E-state index in [2.05, 4.69) is 131 Å². The summed E-state index contributed by atoms with van der Waals surface area (Å²) in [7, 11) is 0. The number of rotatable bonds is 1. The van der Waals surface area contributed by atoms with Gasteiger partial charge in [0.1, 0.15) is 0 Å². The van der Waals surface area contributed by atoms with Gasteiger partial charge in [0, 0.05) is 25.5 Å². The van der Waals surface area contributed by atoms with Gasteiger partial charge in [-0.15, -0.1) is 0 Å². The maximum absolute atomic E-state index is 2.52. The molecule has 4 aliphatic rings. The SMILES string of the molecule is CC1(C)C2=C(B3C4=C(Sc5cccc(c53)S2)c2cc3cccc(-c5ccccc5)c3cc2C4(C)C)c2ccccc21. The van der Waals surface area contributed by atoms with E-state index in [1.54, 1.807) is 10.9 Å². The molecule has 0 fully saturated rings. The average molecular weight is 561 g/mol. The lowest BCUT2D eigenvalue weighted by Crippen LogP contribution is -2.45. The van der Waals surface area contributed by atoms with Gasteiger partial charge in [-0.05, 0) is 78.8 Å². The molecule has 0 spiro atoms. The van der Waals surface area contributed by atoms with Crippen LogP contribution in [-0.2, 0) is 10.8 Å². The minimum absolute atomic E-state index is 0.00443. The largest absolute Gasteiger partial charge is 0.244 e. The van der Waals surface area contributed by atoms with Crippen LogP contribution in [0, 0.1) is 0 Å². The zero-order valence-corrected chi connectivity index (χ0v) is 25.3. The van der Waals surface area contributed by atoms with E-state index in [1.165, 1.54) is 69.2 Å². The summed E-state index contributed by atoms with van der Waals surface area (Å²) >= 11 is 4.03. The van der Waals surface area contributed by atoms with E-state index in [0.717, 1.165) is 0 Å². The van der Waals surface area contributed by atoms with Crippen molar-refractivity contribution in [3.8, 4) is 11.1 Å². The first-order valence-corrected chi connectivity index (χ1v) is 16.2. The molecule has 0 saturated heterocycles. The number of hydrogen-bond acceptors (Lipinski definition) is 2. The van der Waals surface area contributed by atoms with Crippen LogP contribution in [0.15, 0.2) is 123 Å². The average Bonchev–Trinajstić information content (AvgIpc) is 3.35. The highest BCUT2D eigenvalue weighted by atomic mass is 32.2. The van der Waals surface area contributed by atoms with Crippen LogP contribution >= 0.6 is 23.5 Å². The fourth-order valence-electron chi connectivity index (χ4n) is 8.03. The second-order valence-corrected chi connectivity index (χ2v) is 15.0. The van der Waals surface area contributed by atoms with Crippen molar-refractivity contribution in [1.29, 1.82) is 0 Å². The highest BCUT2D eigenvalue weighted by Crippen LogP contribution is 2.63. The molecule has 0 saturated carbocycles. The van der Waals surface area contributed by atoms with Gasteiger partial charge in [0.25, 0.3) is 0 Å². The van der Waals surface area contributed by atoms with Crippen molar-refractivity contribution in [2.75, 3.05) is 0 Å². The first-order chi connectivity index (χ1) is 19.9. The van der Waals surface area contributed by atoms with Gasteiger partial charge in [0.05, 0.1) is 0 Å². The van der Waals surface area contributed by atoms with Crippen LogP contribution in [0.2, 0.25) is 0 Å². The lowest BCUT2D eigenvalue weighted by molar-refractivity contribution is 0.666. The monoisotopic (exact) mass is 560 g/mol. The van der Waals surface area contributed by atoms with Crippen molar-refractivity contribution in [3.05, 3.63) is 136 Å². The Hall–Kier alpha value is -3.40. The Morgan fingerprint density at radius 2 is 1.29 bits per heavy atom. The second-order valence-electron chi connectivity index (χ2n) is 12.9. The third-order valence-corrected chi connectivity index (χ3v) is 12.7. The van der Waals surface area contributed by atoms with Crippen LogP contribution in [0.4, 0.5) is 0 Å². The van der Waals surface area contributed by atoms with Gasteiger partial charge < -0.3 is 0 Å². The van der Waals surface area contributed by atoms with Crippen LogP contribution in [-0.4, -0.2) is 6.71 Å². The molecule has 2 heterocycles. The maximum atomic E-state index is 2.52. The fraction of sp³-hybridized carbons (Fsp3) is 0.158. The Morgan fingerprint density at radius 3 is 2.12 bits per heavy atom. The quantitative estimate of drug-likeness (QED) is 0.187. The lowest BCUT2D eigenvalue weighted by atomic mass is 9.31. The van der Waals surface area contributed by atoms with Crippen molar-refractivity contribution in [2.24, 2.45) is 0 Å². The fourth-order valence-corrected chi connectivity index (χ4v) is 11.0. The minimum Gasteiger partial charge on any atom is -0.0946 e. The summed E-state index contributed by atoms with van der Waals surface area (Å²) in [6.45, 7) is 10.1. The number of allylic oxidation sites excluding steroid dienone is 2. The first kappa shape index (κ1) is 24.2. The molecule has 5 aromatic carbocycles. The van der Waals surface area contributed by atoms with Crippen molar-refractivity contribution in [1.82, 2.24) is 0 Å². The predicted octanol–water partition coefficient (Wildman–Crippen LogP) is 9.90. The Morgan fingerprint density at radius 1 is 0.585 bits per heavy atom. The molecule has 0 atom stereocenters. The summed E-state index contributed by atoms with van der Waals surface area (Å²) < 4.78 is 0. The summed E-state index contributed by atoms with van der Waals surface area (Å²) in [5.41, 5.74) is 13.0. The van der Waals surface area contributed by atoms with Gasteiger partial charge in [0.15, 0.2) is 0 Å².